The van der Waals surface area contributed by atoms with Crippen LogP contribution in [0.15, 0.2) is 61.1 Å². The maximum Gasteiger partial charge on any atom is 0.169 e. The van der Waals surface area contributed by atoms with Gasteiger partial charge >= 0.3 is 0 Å². The summed E-state index contributed by atoms with van der Waals surface area (Å²) in [6.07, 6.45) is 58.1. The molecule has 3 rings (SSSR count). The summed E-state index contributed by atoms with van der Waals surface area (Å²) in [6.45, 7) is 7.69. The van der Waals surface area contributed by atoms with Crippen LogP contribution in [0, 0.1) is 0 Å². The molecule has 0 aromatic carbocycles. The fraction of sp³-hybridized carbons (Fsp3) is 0.766. The number of imidazole rings is 1. The maximum atomic E-state index is 6.96. The highest BCUT2D eigenvalue weighted by Gasteiger charge is 2.48. The van der Waals surface area contributed by atoms with Gasteiger partial charge in [0.2, 0.25) is 0 Å². The molecule has 0 bridgehead atoms. The number of unbranched alkanes of at least 4 members (excludes halogenated alkanes) is 18. The first kappa shape index (κ1) is 44.4. The van der Waals surface area contributed by atoms with Crippen LogP contribution in [-0.2, 0) is 15.9 Å². The molecule has 1 aromatic heterocycles. The molecule has 0 spiro atoms. The maximum absolute atomic E-state index is 6.96. The van der Waals surface area contributed by atoms with Gasteiger partial charge in [-0.15, -0.1) is 0 Å². The van der Waals surface area contributed by atoms with Crippen LogP contribution in [0.2, 0.25) is 0 Å². The monoisotopic (exact) mass is 720 g/mol. The van der Waals surface area contributed by atoms with E-state index in [0.717, 1.165) is 58.2 Å². The third kappa shape index (κ3) is 21.1. The molecule has 52 heavy (non-hydrogen) atoms. The highest BCUT2D eigenvalue weighted by atomic mass is 16.8. The minimum atomic E-state index is -0.362. The molecule has 0 aliphatic carbocycles. The fourth-order valence-corrected chi connectivity index (χ4v) is 7.82. The number of allylic oxidation sites excluding steroid dienone is 8. The number of nitrogens with one attached hydrogen (secondary N) is 1. The van der Waals surface area contributed by atoms with Gasteiger partial charge < -0.3 is 19.4 Å². The Balaban J connectivity index is 1.29. The summed E-state index contributed by atoms with van der Waals surface area (Å²) in [5.41, 5.74) is 1.22. The molecule has 0 radical (unpaired) electrons. The number of ether oxygens (including phenoxy) is 2. The second kappa shape index (κ2) is 30.4. The van der Waals surface area contributed by atoms with Crippen molar-refractivity contribution in [1.82, 2.24) is 14.9 Å². The average Bonchev–Trinajstić information content (AvgIpc) is 3.81. The van der Waals surface area contributed by atoms with Gasteiger partial charge in [0.25, 0.3) is 0 Å². The molecule has 296 valence electrons. The SMILES string of the molecule is CCCCC/C=C\C/C=C\CCCCCCCCC1(CCCCCCCC/C=C\C/C=C\CCCCC)OC2CCN(CCc3cnc[nH]3)CC2O1. The third-order valence-corrected chi connectivity index (χ3v) is 11.1. The number of aromatic nitrogens is 2. The van der Waals surface area contributed by atoms with Gasteiger partial charge in [0.1, 0.15) is 0 Å². The van der Waals surface area contributed by atoms with Crippen LogP contribution in [0.4, 0.5) is 0 Å². The Morgan fingerprint density at radius 3 is 1.62 bits per heavy atom. The Hall–Kier alpha value is -1.95. The summed E-state index contributed by atoms with van der Waals surface area (Å²) in [5.74, 6) is -0.362. The lowest BCUT2D eigenvalue weighted by Crippen LogP contribution is -2.45. The smallest absolute Gasteiger partial charge is 0.169 e. The quantitative estimate of drug-likeness (QED) is 0.0580. The van der Waals surface area contributed by atoms with E-state index in [4.69, 9.17) is 9.47 Å². The second-order valence-electron chi connectivity index (χ2n) is 15.8. The van der Waals surface area contributed by atoms with E-state index in [1.54, 1.807) is 6.33 Å². The summed E-state index contributed by atoms with van der Waals surface area (Å²) in [7, 11) is 0. The number of fused-ring (bicyclic) bond motifs is 1. The van der Waals surface area contributed by atoms with Crippen molar-refractivity contribution >= 4 is 0 Å². The summed E-state index contributed by atoms with van der Waals surface area (Å²) in [5, 5.41) is 0. The average molecular weight is 720 g/mol. The number of hydrogen-bond acceptors (Lipinski definition) is 4. The molecule has 2 aliphatic heterocycles. The molecule has 3 heterocycles. The van der Waals surface area contributed by atoms with Crippen molar-refractivity contribution in [3.63, 3.8) is 0 Å². The van der Waals surface area contributed by atoms with Crippen molar-refractivity contribution in [3.05, 3.63) is 66.8 Å². The van der Waals surface area contributed by atoms with Crippen LogP contribution in [0.3, 0.4) is 0 Å². The van der Waals surface area contributed by atoms with Crippen LogP contribution in [0.5, 0.6) is 0 Å². The van der Waals surface area contributed by atoms with E-state index in [1.807, 2.05) is 6.20 Å². The topological polar surface area (TPSA) is 50.4 Å². The van der Waals surface area contributed by atoms with Crippen molar-refractivity contribution < 1.29 is 9.47 Å². The van der Waals surface area contributed by atoms with Crippen molar-refractivity contribution in [2.24, 2.45) is 0 Å². The minimum Gasteiger partial charge on any atom is -0.348 e. The molecule has 2 unspecified atom stereocenters. The summed E-state index contributed by atoms with van der Waals surface area (Å²) in [4.78, 5) is 10.0. The Morgan fingerprint density at radius 2 is 1.12 bits per heavy atom. The van der Waals surface area contributed by atoms with Gasteiger partial charge in [0, 0.05) is 50.8 Å². The Labute approximate surface area is 321 Å². The molecule has 1 N–H and O–H groups in total. The van der Waals surface area contributed by atoms with E-state index in [9.17, 15) is 0 Å². The highest BCUT2D eigenvalue weighted by molar-refractivity contribution is 4.97. The molecule has 5 nitrogen and oxygen atoms in total. The molecule has 2 atom stereocenters. The largest absolute Gasteiger partial charge is 0.348 e. The molecule has 1 aromatic rings. The van der Waals surface area contributed by atoms with Crippen LogP contribution in [-0.4, -0.2) is 52.5 Å². The van der Waals surface area contributed by atoms with E-state index in [-0.39, 0.29) is 18.0 Å². The predicted molar refractivity (Wildman–Crippen MR) is 224 cm³/mol. The lowest BCUT2D eigenvalue weighted by molar-refractivity contribution is -0.185. The standard InChI is InChI=1S/C47H81N3O2/c1-3-5-7-9-11-13-15-17-19-21-23-25-27-29-31-33-37-47(38-34-32-30-28-26-24-22-20-18-16-14-12-10-8-6-4-2)51-45-36-40-50(42-46(45)52-47)39-35-44-41-48-43-49-44/h11-14,17-20,41,43,45-46H,3-10,15-16,21-40,42H2,1-2H3,(H,48,49)/b13-11-,14-12-,19-17-,20-18-. The van der Waals surface area contributed by atoms with Gasteiger partial charge in [0.15, 0.2) is 5.79 Å². The van der Waals surface area contributed by atoms with Crippen molar-refractivity contribution in [1.29, 1.82) is 0 Å². The van der Waals surface area contributed by atoms with Crippen molar-refractivity contribution in [2.45, 2.75) is 212 Å². The van der Waals surface area contributed by atoms with Crippen LogP contribution >= 0.6 is 0 Å². The number of H-pyrrole nitrogens is 1. The zero-order chi connectivity index (χ0) is 36.6. The molecule has 2 saturated heterocycles. The number of nitrogens with zero attached hydrogens (tertiary/aromatic N) is 2. The first-order chi connectivity index (χ1) is 25.7. The number of likely N-dealkylation sites (tertiary alicyclic amines) is 1. The summed E-state index contributed by atoms with van der Waals surface area (Å²) < 4.78 is 13.9. The normalized spacial score (nSPS) is 19.3. The van der Waals surface area contributed by atoms with E-state index in [2.05, 4.69) is 77.3 Å². The first-order valence-corrected chi connectivity index (χ1v) is 22.4. The van der Waals surface area contributed by atoms with E-state index in [0.29, 0.717) is 0 Å². The van der Waals surface area contributed by atoms with Gasteiger partial charge in [-0.3, -0.25) is 0 Å². The lowest BCUT2D eigenvalue weighted by atomic mass is 9.98. The second-order valence-corrected chi connectivity index (χ2v) is 15.8. The van der Waals surface area contributed by atoms with Gasteiger partial charge in [-0.25, -0.2) is 4.98 Å². The van der Waals surface area contributed by atoms with Gasteiger partial charge in [-0.2, -0.15) is 0 Å². The highest BCUT2D eigenvalue weighted by Crippen LogP contribution is 2.40. The molecule has 0 amide bonds. The van der Waals surface area contributed by atoms with E-state index >= 15 is 0 Å². The summed E-state index contributed by atoms with van der Waals surface area (Å²) >= 11 is 0. The fourth-order valence-electron chi connectivity index (χ4n) is 7.82. The predicted octanol–water partition coefficient (Wildman–Crippen LogP) is 13.5. The number of piperidine rings is 1. The van der Waals surface area contributed by atoms with E-state index in [1.165, 1.54) is 147 Å². The molecule has 2 fully saturated rings. The number of aromatic amines is 1. The molecule has 0 saturated carbocycles. The Bertz CT molecular complexity index is 1010. The zero-order valence-electron chi connectivity index (χ0n) is 34.1. The third-order valence-electron chi connectivity index (χ3n) is 11.1. The Morgan fingerprint density at radius 1 is 0.635 bits per heavy atom. The van der Waals surface area contributed by atoms with Gasteiger partial charge in [-0.05, 0) is 83.5 Å². The van der Waals surface area contributed by atoms with Gasteiger partial charge in [-0.1, -0.05) is 140 Å². The number of rotatable bonds is 33. The van der Waals surface area contributed by atoms with E-state index < -0.39 is 0 Å². The van der Waals surface area contributed by atoms with Crippen LogP contribution in [0.1, 0.15) is 193 Å². The molecule has 5 heteroatoms. The zero-order valence-corrected chi connectivity index (χ0v) is 34.1. The first-order valence-electron chi connectivity index (χ1n) is 22.4. The molecule has 2 aliphatic rings. The minimum absolute atomic E-state index is 0.213. The van der Waals surface area contributed by atoms with Crippen molar-refractivity contribution in [3.8, 4) is 0 Å². The molecular formula is C47H81N3O2. The van der Waals surface area contributed by atoms with Crippen LogP contribution < -0.4 is 0 Å². The van der Waals surface area contributed by atoms with Gasteiger partial charge in [0.05, 0.1) is 18.5 Å². The van der Waals surface area contributed by atoms with Crippen molar-refractivity contribution in [2.75, 3.05) is 19.6 Å². The van der Waals surface area contributed by atoms with Crippen LogP contribution in [0.25, 0.3) is 0 Å². The number of hydrogen-bond donors (Lipinski definition) is 1. The Kier molecular flexibility index (Phi) is 26.0. The summed E-state index contributed by atoms with van der Waals surface area (Å²) in [6, 6.07) is 0. The lowest BCUT2D eigenvalue weighted by Gasteiger charge is -2.32. The molecular weight excluding hydrogens is 639 g/mol.